The molecule has 1 amide bonds. The van der Waals surface area contributed by atoms with Crippen molar-refractivity contribution in [2.45, 2.75) is 50.7 Å². The zero-order chi connectivity index (χ0) is 16.5. The SMILES string of the molecule is Cl.Cl.NC1C2CCC(C2)C1C(=O)NC1CCCN(Cc2ccccc2)C1. The first-order chi connectivity index (χ1) is 11.7. The molecule has 4 nitrogen and oxygen atoms in total. The number of nitrogens with one attached hydrogen (secondary N) is 1. The van der Waals surface area contributed by atoms with Crippen LogP contribution in [0, 0.1) is 17.8 Å². The average molecular weight is 400 g/mol. The van der Waals surface area contributed by atoms with Gasteiger partial charge in [-0.05, 0) is 56.0 Å². The Hall–Kier alpha value is -0.810. The molecule has 1 aromatic carbocycles. The molecule has 4 rings (SSSR count). The smallest absolute Gasteiger partial charge is 0.225 e. The molecule has 5 atom stereocenters. The fraction of sp³-hybridized carbons (Fsp3) is 0.650. The molecule has 0 aromatic heterocycles. The zero-order valence-corrected chi connectivity index (χ0v) is 16.8. The van der Waals surface area contributed by atoms with Gasteiger partial charge in [0.2, 0.25) is 5.91 Å². The summed E-state index contributed by atoms with van der Waals surface area (Å²) in [4.78, 5) is 15.2. The Labute approximate surface area is 169 Å². The number of rotatable bonds is 4. The first-order valence-electron chi connectivity index (χ1n) is 9.53. The van der Waals surface area contributed by atoms with E-state index in [9.17, 15) is 4.79 Å². The maximum absolute atomic E-state index is 12.8. The summed E-state index contributed by atoms with van der Waals surface area (Å²) in [5.74, 6) is 1.41. The van der Waals surface area contributed by atoms with Gasteiger partial charge < -0.3 is 11.1 Å². The Morgan fingerprint density at radius 2 is 1.85 bits per heavy atom. The monoisotopic (exact) mass is 399 g/mol. The Kier molecular flexibility index (Phi) is 7.77. The van der Waals surface area contributed by atoms with Crippen molar-refractivity contribution in [2.75, 3.05) is 13.1 Å². The van der Waals surface area contributed by atoms with E-state index < -0.39 is 0 Å². The van der Waals surface area contributed by atoms with Gasteiger partial charge >= 0.3 is 0 Å². The highest BCUT2D eigenvalue weighted by atomic mass is 35.5. The fourth-order valence-electron chi connectivity index (χ4n) is 5.18. The summed E-state index contributed by atoms with van der Waals surface area (Å²) >= 11 is 0. The molecule has 1 heterocycles. The maximum atomic E-state index is 12.8. The van der Waals surface area contributed by atoms with E-state index in [1.807, 2.05) is 0 Å². The molecule has 146 valence electrons. The van der Waals surface area contributed by atoms with E-state index in [0.717, 1.165) is 32.5 Å². The molecule has 26 heavy (non-hydrogen) atoms. The third kappa shape index (κ3) is 4.53. The Bertz CT molecular complexity index is 584. The summed E-state index contributed by atoms with van der Waals surface area (Å²) < 4.78 is 0. The lowest BCUT2D eigenvalue weighted by atomic mass is 9.84. The second-order valence-corrected chi connectivity index (χ2v) is 8.00. The summed E-state index contributed by atoms with van der Waals surface area (Å²) in [5.41, 5.74) is 7.68. The van der Waals surface area contributed by atoms with Gasteiger partial charge in [-0.1, -0.05) is 30.3 Å². The average Bonchev–Trinajstić information content (AvgIpc) is 3.17. The largest absolute Gasteiger partial charge is 0.352 e. The van der Waals surface area contributed by atoms with Gasteiger partial charge in [-0.2, -0.15) is 0 Å². The molecule has 3 aliphatic rings. The van der Waals surface area contributed by atoms with Gasteiger partial charge in [0.25, 0.3) is 0 Å². The van der Waals surface area contributed by atoms with Crippen molar-refractivity contribution in [3.63, 3.8) is 0 Å². The molecule has 0 spiro atoms. The second kappa shape index (κ2) is 9.41. The van der Waals surface area contributed by atoms with Crippen LogP contribution in [0.1, 0.15) is 37.7 Å². The number of fused-ring (bicyclic) bond motifs is 2. The van der Waals surface area contributed by atoms with Crippen molar-refractivity contribution >= 4 is 30.7 Å². The van der Waals surface area contributed by atoms with Crippen LogP contribution in [0.2, 0.25) is 0 Å². The van der Waals surface area contributed by atoms with Crippen LogP contribution in [-0.4, -0.2) is 36.0 Å². The van der Waals surface area contributed by atoms with Crippen LogP contribution in [0.3, 0.4) is 0 Å². The van der Waals surface area contributed by atoms with Crippen LogP contribution in [-0.2, 0) is 11.3 Å². The number of hydrogen-bond donors (Lipinski definition) is 2. The molecule has 1 aliphatic heterocycles. The van der Waals surface area contributed by atoms with Gasteiger partial charge in [0.1, 0.15) is 0 Å². The summed E-state index contributed by atoms with van der Waals surface area (Å²) in [6, 6.07) is 11.0. The number of nitrogens with zero attached hydrogens (tertiary/aromatic N) is 1. The molecule has 1 aromatic rings. The number of halogens is 2. The fourth-order valence-corrected chi connectivity index (χ4v) is 5.18. The lowest BCUT2D eigenvalue weighted by Crippen LogP contribution is -2.52. The van der Waals surface area contributed by atoms with Gasteiger partial charge in [0.15, 0.2) is 0 Å². The van der Waals surface area contributed by atoms with E-state index in [4.69, 9.17) is 5.73 Å². The lowest BCUT2D eigenvalue weighted by Gasteiger charge is -2.35. The van der Waals surface area contributed by atoms with Crippen LogP contribution in [0.4, 0.5) is 0 Å². The second-order valence-electron chi connectivity index (χ2n) is 8.00. The van der Waals surface area contributed by atoms with Gasteiger partial charge in [0.05, 0.1) is 5.92 Å². The van der Waals surface area contributed by atoms with Crippen LogP contribution in [0.5, 0.6) is 0 Å². The summed E-state index contributed by atoms with van der Waals surface area (Å²) in [6.45, 7) is 3.05. The molecule has 3 N–H and O–H groups in total. The lowest BCUT2D eigenvalue weighted by molar-refractivity contribution is -0.128. The number of carbonyl (C=O) groups is 1. The molecule has 5 unspecified atom stereocenters. The molecular formula is C20H31Cl2N3O. The highest BCUT2D eigenvalue weighted by molar-refractivity contribution is 5.85. The Morgan fingerprint density at radius 1 is 1.12 bits per heavy atom. The van der Waals surface area contributed by atoms with E-state index in [1.165, 1.54) is 24.8 Å². The summed E-state index contributed by atoms with van der Waals surface area (Å²) in [7, 11) is 0. The number of nitrogens with two attached hydrogens (primary N) is 1. The number of likely N-dealkylation sites (tertiary alicyclic amines) is 1. The zero-order valence-electron chi connectivity index (χ0n) is 15.2. The van der Waals surface area contributed by atoms with Crippen molar-refractivity contribution in [2.24, 2.45) is 23.5 Å². The van der Waals surface area contributed by atoms with Gasteiger partial charge in [-0.25, -0.2) is 0 Å². The Balaban J connectivity index is 0.00000121. The van der Waals surface area contributed by atoms with Crippen LogP contribution in [0.15, 0.2) is 30.3 Å². The number of carbonyl (C=O) groups excluding carboxylic acids is 1. The van der Waals surface area contributed by atoms with Gasteiger partial charge in [-0.3, -0.25) is 9.69 Å². The molecule has 0 radical (unpaired) electrons. The number of hydrogen-bond acceptors (Lipinski definition) is 3. The molecule has 1 saturated heterocycles. The number of amides is 1. The van der Waals surface area contributed by atoms with Crippen LogP contribution in [0.25, 0.3) is 0 Å². The first-order valence-corrected chi connectivity index (χ1v) is 9.53. The van der Waals surface area contributed by atoms with E-state index in [-0.39, 0.29) is 48.7 Å². The first kappa shape index (κ1) is 21.5. The molecule has 3 fully saturated rings. The predicted molar refractivity (Wildman–Crippen MR) is 110 cm³/mol. The minimum absolute atomic E-state index is 0. The molecule has 2 bridgehead atoms. The van der Waals surface area contributed by atoms with E-state index in [2.05, 4.69) is 40.5 Å². The molecule has 2 saturated carbocycles. The third-order valence-corrected chi connectivity index (χ3v) is 6.38. The summed E-state index contributed by atoms with van der Waals surface area (Å²) in [6.07, 6.45) is 5.84. The third-order valence-electron chi connectivity index (χ3n) is 6.38. The van der Waals surface area contributed by atoms with Crippen molar-refractivity contribution in [1.29, 1.82) is 0 Å². The van der Waals surface area contributed by atoms with E-state index in [0.29, 0.717) is 11.8 Å². The number of piperidine rings is 1. The molecular weight excluding hydrogens is 369 g/mol. The molecule has 6 heteroatoms. The van der Waals surface area contributed by atoms with Crippen LogP contribution < -0.4 is 11.1 Å². The van der Waals surface area contributed by atoms with Crippen molar-refractivity contribution in [3.05, 3.63) is 35.9 Å². The highest BCUT2D eigenvalue weighted by Crippen LogP contribution is 2.47. The van der Waals surface area contributed by atoms with Crippen molar-refractivity contribution in [3.8, 4) is 0 Å². The maximum Gasteiger partial charge on any atom is 0.225 e. The minimum Gasteiger partial charge on any atom is -0.352 e. The van der Waals surface area contributed by atoms with Gasteiger partial charge in [0, 0.05) is 25.2 Å². The van der Waals surface area contributed by atoms with Crippen molar-refractivity contribution < 1.29 is 4.79 Å². The van der Waals surface area contributed by atoms with Crippen molar-refractivity contribution in [1.82, 2.24) is 10.2 Å². The predicted octanol–water partition coefficient (Wildman–Crippen LogP) is 2.98. The van der Waals surface area contributed by atoms with Crippen LogP contribution >= 0.6 is 24.8 Å². The molecule has 2 aliphatic carbocycles. The quantitative estimate of drug-likeness (QED) is 0.817. The van der Waals surface area contributed by atoms with Gasteiger partial charge in [-0.15, -0.1) is 24.8 Å². The van der Waals surface area contributed by atoms with E-state index >= 15 is 0 Å². The standard InChI is InChI=1S/C20H29N3O.2ClH/c21-19-16-9-8-15(11-16)18(19)20(24)22-17-7-4-10-23(13-17)12-14-5-2-1-3-6-14;;/h1-3,5-6,15-19H,4,7-13,21H2,(H,22,24);2*1H. The minimum atomic E-state index is 0. The van der Waals surface area contributed by atoms with E-state index in [1.54, 1.807) is 0 Å². The Morgan fingerprint density at radius 3 is 2.54 bits per heavy atom. The normalized spacial score (nSPS) is 33.2. The highest BCUT2D eigenvalue weighted by Gasteiger charge is 2.49. The number of benzene rings is 1. The topological polar surface area (TPSA) is 58.4 Å². The summed E-state index contributed by atoms with van der Waals surface area (Å²) in [5, 5.41) is 3.33.